The summed E-state index contributed by atoms with van der Waals surface area (Å²) in [5, 5.41) is 1.44. The van der Waals surface area contributed by atoms with E-state index in [1.807, 2.05) is 19.1 Å². The van der Waals surface area contributed by atoms with Crippen molar-refractivity contribution >= 4 is 39.2 Å². The zero-order valence-electron chi connectivity index (χ0n) is 16.1. The largest absolute Gasteiger partial charge is 0.467 e. The Morgan fingerprint density at radius 2 is 2.29 bits per heavy atom. The molecule has 1 aliphatic rings. The molecule has 1 amide bonds. The van der Waals surface area contributed by atoms with Crippen molar-refractivity contribution < 1.29 is 9.21 Å². The fourth-order valence-electron chi connectivity index (χ4n) is 3.55. The lowest BCUT2D eigenvalue weighted by atomic mass is 10.2. The SMILES string of the molecule is CCCn1c(SCC(=O)N(C)Cc2ccco2)nc2sc3c(c2c1=O)CCC3. The second kappa shape index (κ2) is 8.13. The van der Waals surface area contributed by atoms with E-state index in [-0.39, 0.29) is 17.2 Å². The monoisotopic (exact) mass is 417 g/mol. The number of hydrogen-bond donors (Lipinski definition) is 0. The van der Waals surface area contributed by atoms with Crippen LogP contribution in [0.2, 0.25) is 0 Å². The van der Waals surface area contributed by atoms with Crippen LogP contribution in [0.3, 0.4) is 0 Å². The standard InChI is InChI=1S/C20H23N3O3S2/c1-3-9-23-19(25)17-14-7-4-8-15(14)28-18(17)21-20(23)27-12-16(24)22(2)11-13-6-5-10-26-13/h5-6,10H,3-4,7-9,11-12H2,1-2H3. The third kappa shape index (κ3) is 3.63. The molecule has 28 heavy (non-hydrogen) atoms. The van der Waals surface area contributed by atoms with Gasteiger partial charge in [0.05, 0.1) is 23.9 Å². The summed E-state index contributed by atoms with van der Waals surface area (Å²) in [4.78, 5) is 34.2. The van der Waals surface area contributed by atoms with Crippen LogP contribution in [0.4, 0.5) is 0 Å². The van der Waals surface area contributed by atoms with E-state index in [2.05, 4.69) is 0 Å². The molecule has 3 heterocycles. The van der Waals surface area contributed by atoms with Gasteiger partial charge in [-0.05, 0) is 43.4 Å². The van der Waals surface area contributed by atoms with Crippen molar-refractivity contribution in [3.63, 3.8) is 0 Å². The molecule has 3 aromatic heterocycles. The number of carbonyl (C=O) groups excluding carboxylic acids is 1. The van der Waals surface area contributed by atoms with E-state index in [0.29, 0.717) is 18.2 Å². The maximum atomic E-state index is 13.2. The van der Waals surface area contributed by atoms with Gasteiger partial charge in [0.2, 0.25) is 5.91 Å². The Balaban J connectivity index is 1.56. The fraction of sp³-hybridized carbons (Fsp3) is 0.450. The van der Waals surface area contributed by atoms with Gasteiger partial charge >= 0.3 is 0 Å². The predicted molar refractivity (Wildman–Crippen MR) is 112 cm³/mol. The highest BCUT2D eigenvalue weighted by molar-refractivity contribution is 7.99. The van der Waals surface area contributed by atoms with Crippen LogP contribution < -0.4 is 5.56 Å². The highest BCUT2D eigenvalue weighted by Crippen LogP contribution is 2.35. The summed E-state index contributed by atoms with van der Waals surface area (Å²) in [5.74, 6) is 0.966. The molecule has 0 atom stereocenters. The first-order valence-corrected chi connectivity index (χ1v) is 11.3. The van der Waals surface area contributed by atoms with E-state index in [1.54, 1.807) is 34.1 Å². The number of thioether (sulfide) groups is 1. The highest BCUT2D eigenvalue weighted by Gasteiger charge is 2.23. The zero-order chi connectivity index (χ0) is 19.7. The van der Waals surface area contributed by atoms with Gasteiger partial charge < -0.3 is 9.32 Å². The van der Waals surface area contributed by atoms with Gasteiger partial charge in [0, 0.05) is 18.5 Å². The summed E-state index contributed by atoms with van der Waals surface area (Å²) in [6, 6.07) is 3.66. The lowest BCUT2D eigenvalue weighted by Gasteiger charge is -2.16. The van der Waals surface area contributed by atoms with Crippen molar-refractivity contribution in [1.82, 2.24) is 14.5 Å². The zero-order valence-corrected chi connectivity index (χ0v) is 17.7. The van der Waals surface area contributed by atoms with Gasteiger partial charge in [0.15, 0.2) is 5.16 Å². The Morgan fingerprint density at radius 1 is 1.43 bits per heavy atom. The lowest BCUT2D eigenvalue weighted by Crippen LogP contribution is -2.28. The Hall–Kier alpha value is -2.06. The van der Waals surface area contributed by atoms with Gasteiger partial charge in [-0.15, -0.1) is 11.3 Å². The number of aromatic nitrogens is 2. The van der Waals surface area contributed by atoms with Crippen LogP contribution in [0.1, 0.15) is 36.0 Å². The molecule has 0 aromatic carbocycles. The third-order valence-corrected chi connectivity index (χ3v) is 7.11. The lowest BCUT2D eigenvalue weighted by molar-refractivity contribution is -0.127. The van der Waals surface area contributed by atoms with Gasteiger partial charge in [0.1, 0.15) is 10.6 Å². The summed E-state index contributed by atoms with van der Waals surface area (Å²) < 4.78 is 7.05. The number of aryl methyl sites for hydroxylation is 2. The minimum absolute atomic E-state index is 0.0209. The Bertz CT molecular complexity index is 1050. The third-order valence-electron chi connectivity index (χ3n) is 4.96. The molecule has 148 valence electrons. The van der Waals surface area contributed by atoms with Crippen molar-refractivity contribution in [2.45, 2.75) is 50.9 Å². The molecule has 0 aliphatic heterocycles. The van der Waals surface area contributed by atoms with E-state index in [9.17, 15) is 9.59 Å². The molecule has 0 unspecified atom stereocenters. The summed E-state index contributed by atoms with van der Waals surface area (Å²) in [7, 11) is 1.75. The average molecular weight is 418 g/mol. The van der Waals surface area contributed by atoms with Crippen LogP contribution in [0.25, 0.3) is 10.2 Å². The van der Waals surface area contributed by atoms with Gasteiger partial charge in [-0.2, -0.15) is 0 Å². The molecule has 0 radical (unpaired) electrons. The number of hydrogen-bond acceptors (Lipinski definition) is 6. The van der Waals surface area contributed by atoms with Crippen LogP contribution in [0.5, 0.6) is 0 Å². The van der Waals surface area contributed by atoms with E-state index >= 15 is 0 Å². The van der Waals surface area contributed by atoms with Crippen LogP contribution in [-0.4, -0.2) is 33.2 Å². The predicted octanol–water partition coefficient (Wildman–Crippen LogP) is 3.70. The molecular formula is C20H23N3O3S2. The molecule has 8 heteroatoms. The Morgan fingerprint density at radius 3 is 3.04 bits per heavy atom. The van der Waals surface area contributed by atoms with Crippen LogP contribution in [0, 0.1) is 0 Å². The number of amides is 1. The van der Waals surface area contributed by atoms with Crippen molar-refractivity contribution in [2.75, 3.05) is 12.8 Å². The molecule has 0 saturated carbocycles. The summed E-state index contributed by atoms with van der Waals surface area (Å²) >= 11 is 2.98. The first-order chi connectivity index (χ1) is 13.6. The number of furan rings is 1. The molecule has 4 rings (SSSR count). The number of carbonyl (C=O) groups is 1. The smallest absolute Gasteiger partial charge is 0.263 e. The van der Waals surface area contributed by atoms with Gasteiger partial charge in [0.25, 0.3) is 5.56 Å². The van der Waals surface area contributed by atoms with Gasteiger partial charge in [-0.25, -0.2) is 4.98 Å². The highest BCUT2D eigenvalue weighted by atomic mass is 32.2. The van der Waals surface area contributed by atoms with E-state index in [4.69, 9.17) is 9.40 Å². The number of fused-ring (bicyclic) bond motifs is 3. The average Bonchev–Trinajstić information content (AvgIpc) is 3.39. The molecule has 3 aromatic rings. The first kappa shape index (κ1) is 19.3. The first-order valence-electron chi connectivity index (χ1n) is 9.52. The van der Waals surface area contributed by atoms with Crippen LogP contribution in [-0.2, 0) is 30.7 Å². The van der Waals surface area contributed by atoms with Crippen LogP contribution in [0.15, 0.2) is 32.8 Å². The Kier molecular flexibility index (Phi) is 5.59. The van der Waals surface area contributed by atoms with Gasteiger partial charge in [-0.1, -0.05) is 18.7 Å². The van der Waals surface area contributed by atoms with Crippen molar-refractivity contribution in [3.8, 4) is 0 Å². The molecule has 0 saturated heterocycles. The second-order valence-electron chi connectivity index (χ2n) is 7.01. The molecular weight excluding hydrogens is 394 g/mol. The number of rotatable bonds is 7. The number of thiophene rings is 1. The minimum Gasteiger partial charge on any atom is -0.467 e. The van der Waals surface area contributed by atoms with Crippen LogP contribution >= 0.6 is 23.1 Å². The van der Waals surface area contributed by atoms with Crippen molar-refractivity contribution in [1.29, 1.82) is 0 Å². The summed E-state index contributed by atoms with van der Waals surface area (Å²) in [6.07, 6.45) is 5.59. The van der Waals surface area contributed by atoms with E-state index in [1.165, 1.54) is 22.2 Å². The van der Waals surface area contributed by atoms with Crippen molar-refractivity contribution in [3.05, 3.63) is 45.0 Å². The molecule has 0 bridgehead atoms. The van der Waals surface area contributed by atoms with E-state index in [0.717, 1.165) is 41.7 Å². The topological polar surface area (TPSA) is 68.3 Å². The maximum absolute atomic E-state index is 13.2. The summed E-state index contributed by atoms with van der Waals surface area (Å²) in [6.45, 7) is 3.09. The quantitative estimate of drug-likeness (QED) is 0.433. The molecule has 1 aliphatic carbocycles. The second-order valence-corrected chi connectivity index (χ2v) is 9.03. The molecule has 0 spiro atoms. The maximum Gasteiger partial charge on any atom is 0.263 e. The molecule has 0 fully saturated rings. The van der Waals surface area contributed by atoms with Gasteiger partial charge in [-0.3, -0.25) is 14.2 Å². The number of nitrogens with zero attached hydrogens (tertiary/aromatic N) is 3. The molecule has 0 N–H and O–H groups in total. The Labute approximate surface area is 171 Å². The minimum atomic E-state index is -0.0209. The molecule has 6 nitrogen and oxygen atoms in total. The van der Waals surface area contributed by atoms with Crippen molar-refractivity contribution in [2.24, 2.45) is 0 Å². The van der Waals surface area contributed by atoms with E-state index < -0.39 is 0 Å². The normalized spacial score (nSPS) is 13.2. The summed E-state index contributed by atoms with van der Waals surface area (Å²) in [5.41, 5.74) is 1.25. The fourth-order valence-corrected chi connectivity index (χ4v) is 5.82.